The number of halogens is 1. The Morgan fingerprint density at radius 2 is 1.78 bits per heavy atom. The van der Waals surface area contributed by atoms with Gasteiger partial charge in [0.25, 0.3) is 0 Å². The first-order chi connectivity index (χ1) is 8.21. The lowest BCUT2D eigenvalue weighted by Crippen LogP contribution is -2.41. The molecule has 0 spiro atoms. The third kappa shape index (κ3) is 4.21. The quantitative estimate of drug-likeness (QED) is 0.783. The van der Waals surface area contributed by atoms with Gasteiger partial charge in [-0.05, 0) is 31.5 Å². The van der Waals surface area contributed by atoms with E-state index in [-0.39, 0.29) is 11.2 Å². The zero-order valence-corrected chi connectivity index (χ0v) is 13.4. The summed E-state index contributed by atoms with van der Waals surface area (Å²) in [5.41, 5.74) is 0.945. The van der Waals surface area contributed by atoms with Crippen molar-refractivity contribution in [2.75, 3.05) is 13.6 Å². The van der Waals surface area contributed by atoms with E-state index in [0.717, 1.165) is 10.0 Å². The van der Waals surface area contributed by atoms with Crippen LogP contribution in [0, 0.1) is 5.41 Å². The summed E-state index contributed by atoms with van der Waals surface area (Å²) in [6, 6.07) is 7.89. The predicted molar refractivity (Wildman–Crippen MR) is 80.0 cm³/mol. The van der Waals surface area contributed by atoms with E-state index in [1.165, 1.54) is 0 Å². The Hall–Kier alpha value is -0.670. The summed E-state index contributed by atoms with van der Waals surface area (Å²) in [6.07, 6.45) is 0. The fourth-order valence-electron chi connectivity index (χ4n) is 1.75. The summed E-state index contributed by atoms with van der Waals surface area (Å²) in [7, 11) is 2.01. The van der Waals surface area contributed by atoms with Crippen molar-refractivity contribution in [3.8, 4) is 0 Å². The third-order valence-electron chi connectivity index (χ3n) is 3.47. The molecule has 1 rings (SSSR count). The summed E-state index contributed by atoms with van der Waals surface area (Å²) in [5.74, 6) is 0.168. The maximum atomic E-state index is 12.1. The molecule has 0 amide bonds. The minimum Gasteiger partial charge on any atom is -0.296 e. The Bertz CT molecular complexity index is 405. The summed E-state index contributed by atoms with van der Waals surface area (Å²) in [6.45, 7) is 9.20. The molecule has 18 heavy (non-hydrogen) atoms. The molecule has 3 heteroatoms. The number of carbonyl (C=O) groups excluding carboxylic acids is 1. The molecular formula is C15H22BrNO. The Balaban J connectivity index is 2.68. The molecule has 1 aromatic carbocycles. The molecule has 0 radical (unpaired) electrons. The molecule has 2 nitrogen and oxygen atoms in total. The van der Waals surface area contributed by atoms with Crippen molar-refractivity contribution in [1.29, 1.82) is 0 Å². The molecule has 100 valence electrons. The monoisotopic (exact) mass is 311 g/mol. The second-order valence-corrected chi connectivity index (χ2v) is 6.80. The van der Waals surface area contributed by atoms with Gasteiger partial charge in [-0.2, -0.15) is 0 Å². The standard InChI is InChI=1S/C15H22BrNO/c1-11(15(2,3)4)17(5)10-14(18)12-6-8-13(16)9-7-12/h6-9,11H,10H2,1-5H3. The van der Waals surface area contributed by atoms with Gasteiger partial charge in [0.2, 0.25) is 0 Å². The number of ketones is 1. The summed E-state index contributed by atoms with van der Waals surface area (Å²) < 4.78 is 0.996. The summed E-state index contributed by atoms with van der Waals surface area (Å²) >= 11 is 3.37. The van der Waals surface area contributed by atoms with E-state index in [1.807, 2.05) is 31.3 Å². The van der Waals surface area contributed by atoms with E-state index in [9.17, 15) is 4.79 Å². The minimum absolute atomic E-state index is 0.168. The van der Waals surface area contributed by atoms with Crippen LogP contribution in [-0.2, 0) is 0 Å². The number of nitrogens with zero attached hydrogens (tertiary/aromatic N) is 1. The van der Waals surface area contributed by atoms with Crippen LogP contribution in [0.3, 0.4) is 0 Å². The van der Waals surface area contributed by atoms with Crippen LogP contribution in [0.4, 0.5) is 0 Å². The first-order valence-electron chi connectivity index (χ1n) is 6.21. The number of benzene rings is 1. The van der Waals surface area contributed by atoms with Gasteiger partial charge in [-0.15, -0.1) is 0 Å². The Kier molecular flexibility index (Phi) is 5.11. The van der Waals surface area contributed by atoms with Crippen molar-refractivity contribution in [1.82, 2.24) is 4.90 Å². The van der Waals surface area contributed by atoms with Crippen LogP contribution < -0.4 is 0 Å². The van der Waals surface area contributed by atoms with Crippen molar-refractivity contribution >= 4 is 21.7 Å². The topological polar surface area (TPSA) is 20.3 Å². The average molecular weight is 312 g/mol. The Labute approximate surface area is 119 Å². The lowest BCUT2D eigenvalue weighted by molar-refractivity contribution is 0.0853. The molecule has 0 aliphatic heterocycles. The average Bonchev–Trinajstić information content (AvgIpc) is 2.27. The molecule has 0 fully saturated rings. The zero-order valence-electron chi connectivity index (χ0n) is 11.8. The molecule has 0 saturated heterocycles. The molecule has 0 aliphatic carbocycles. The van der Waals surface area contributed by atoms with Gasteiger partial charge in [-0.1, -0.05) is 48.8 Å². The van der Waals surface area contributed by atoms with Crippen LogP contribution in [0.15, 0.2) is 28.7 Å². The number of likely N-dealkylation sites (N-methyl/N-ethyl adjacent to an activating group) is 1. The molecule has 1 atom stereocenters. The maximum absolute atomic E-state index is 12.1. The molecule has 0 saturated carbocycles. The second kappa shape index (κ2) is 5.98. The van der Waals surface area contributed by atoms with Crippen molar-refractivity contribution in [2.45, 2.75) is 33.7 Å². The Morgan fingerprint density at radius 3 is 2.22 bits per heavy atom. The van der Waals surface area contributed by atoms with Gasteiger partial charge in [-0.3, -0.25) is 9.69 Å². The van der Waals surface area contributed by atoms with Crippen molar-refractivity contribution < 1.29 is 4.79 Å². The largest absolute Gasteiger partial charge is 0.296 e. The lowest BCUT2D eigenvalue weighted by Gasteiger charge is -2.34. The number of carbonyl (C=O) groups is 1. The van der Waals surface area contributed by atoms with Gasteiger partial charge < -0.3 is 0 Å². The molecule has 0 aliphatic rings. The van der Waals surface area contributed by atoms with Gasteiger partial charge in [0.05, 0.1) is 6.54 Å². The highest BCUT2D eigenvalue weighted by molar-refractivity contribution is 9.10. The van der Waals surface area contributed by atoms with Crippen LogP contribution in [0.1, 0.15) is 38.1 Å². The van der Waals surface area contributed by atoms with Crippen molar-refractivity contribution in [3.63, 3.8) is 0 Å². The lowest BCUT2D eigenvalue weighted by atomic mass is 9.87. The smallest absolute Gasteiger partial charge is 0.176 e. The highest BCUT2D eigenvalue weighted by Gasteiger charge is 2.25. The molecule has 0 heterocycles. The van der Waals surface area contributed by atoms with E-state index in [4.69, 9.17) is 0 Å². The minimum atomic E-state index is 0.168. The maximum Gasteiger partial charge on any atom is 0.176 e. The molecule has 1 aromatic rings. The van der Waals surface area contributed by atoms with Gasteiger partial charge >= 0.3 is 0 Å². The number of hydrogen-bond acceptors (Lipinski definition) is 2. The Morgan fingerprint density at radius 1 is 1.28 bits per heavy atom. The summed E-state index contributed by atoms with van der Waals surface area (Å²) in [4.78, 5) is 14.3. The normalized spacial score (nSPS) is 13.7. The van der Waals surface area contributed by atoms with Crippen LogP contribution in [0.5, 0.6) is 0 Å². The van der Waals surface area contributed by atoms with E-state index >= 15 is 0 Å². The van der Waals surface area contributed by atoms with Gasteiger partial charge in [0, 0.05) is 16.1 Å². The van der Waals surface area contributed by atoms with Crippen molar-refractivity contribution in [2.24, 2.45) is 5.41 Å². The second-order valence-electron chi connectivity index (χ2n) is 5.89. The van der Waals surface area contributed by atoms with Gasteiger partial charge in [0.15, 0.2) is 5.78 Å². The molecule has 1 unspecified atom stereocenters. The van der Waals surface area contributed by atoms with E-state index in [2.05, 4.69) is 48.5 Å². The van der Waals surface area contributed by atoms with Crippen LogP contribution in [-0.4, -0.2) is 30.3 Å². The number of rotatable bonds is 4. The summed E-state index contributed by atoms with van der Waals surface area (Å²) in [5, 5.41) is 0. The molecular weight excluding hydrogens is 290 g/mol. The molecule has 0 bridgehead atoms. The van der Waals surface area contributed by atoms with Crippen LogP contribution >= 0.6 is 15.9 Å². The van der Waals surface area contributed by atoms with Gasteiger partial charge in [0.1, 0.15) is 0 Å². The first-order valence-corrected chi connectivity index (χ1v) is 7.00. The highest BCUT2D eigenvalue weighted by atomic mass is 79.9. The SMILES string of the molecule is CC(N(C)CC(=O)c1ccc(Br)cc1)C(C)(C)C. The van der Waals surface area contributed by atoms with Crippen LogP contribution in [0.25, 0.3) is 0 Å². The zero-order chi connectivity index (χ0) is 13.9. The van der Waals surface area contributed by atoms with Crippen LogP contribution in [0.2, 0.25) is 0 Å². The van der Waals surface area contributed by atoms with Gasteiger partial charge in [-0.25, -0.2) is 0 Å². The predicted octanol–water partition coefficient (Wildman–Crippen LogP) is 4.00. The molecule has 0 aromatic heterocycles. The highest BCUT2D eigenvalue weighted by Crippen LogP contribution is 2.23. The third-order valence-corrected chi connectivity index (χ3v) is 4.00. The van der Waals surface area contributed by atoms with E-state index in [0.29, 0.717) is 12.6 Å². The fourth-order valence-corrected chi connectivity index (χ4v) is 2.02. The van der Waals surface area contributed by atoms with Crippen molar-refractivity contribution in [3.05, 3.63) is 34.3 Å². The fraction of sp³-hybridized carbons (Fsp3) is 0.533. The first kappa shape index (κ1) is 15.4. The van der Waals surface area contributed by atoms with E-state index in [1.54, 1.807) is 0 Å². The molecule has 0 N–H and O–H groups in total. The number of hydrogen-bond donors (Lipinski definition) is 0. The van der Waals surface area contributed by atoms with E-state index < -0.39 is 0 Å². The number of Topliss-reactive ketones (excluding diaryl/α,β-unsaturated/α-hetero) is 1.